The number of pyridine rings is 1. The number of hydrogen-bond acceptors (Lipinski definition) is 9. The van der Waals surface area contributed by atoms with Crippen molar-refractivity contribution in [2.45, 2.75) is 93.0 Å². The van der Waals surface area contributed by atoms with E-state index < -0.39 is 62.8 Å². The highest BCUT2D eigenvalue weighted by Gasteiger charge is 2.42. The first-order chi connectivity index (χ1) is 25.1. The van der Waals surface area contributed by atoms with Crippen LogP contribution in [0, 0.1) is 0 Å². The Kier molecular flexibility index (Phi) is 12.7. The van der Waals surface area contributed by atoms with Crippen molar-refractivity contribution in [3.8, 4) is 0 Å². The minimum absolute atomic E-state index is 0.0144. The predicted octanol–water partition coefficient (Wildman–Crippen LogP) is 3.02. The standard InChI is InChI=1S/C40H49N5O7S/c1-26(46)36(43-37(48)32-20-19-28-15-11-12-18-31(28)41-32)39(50)42-33(23-27-13-7-5-8-14-27)35(47)25-45-22-21-30(24-34(45)38(49)44-40(2,3)4)53(51,52)29-16-9-6-10-17-29/h5-20,26,30,33-36,46-47H,21-25H2,1-4H3,(H,42,50)(H,43,48)(H,44,49)/t26-,30-,33+,34+,35-,36+/m1/s1. The fourth-order valence-corrected chi connectivity index (χ4v) is 8.39. The molecule has 5 rings (SSSR count). The van der Waals surface area contributed by atoms with E-state index in [1.54, 1.807) is 53.4 Å². The Morgan fingerprint density at radius 2 is 1.53 bits per heavy atom. The number of aliphatic hydroxyl groups is 2. The maximum absolute atomic E-state index is 13.8. The molecular weight excluding hydrogens is 695 g/mol. The van der Waals surface area contributed by atoms with Gasteiger partial charge in [0.25, 0.3) is 5.91 Å². The summed E-state index contributed by atoms with van der Waals surface area (Å²) in [5, 5.41) is 30.9. The second-order valence-electron chi connectivity index (χ2n) is 14.7. The van der Waals surface area contributed by atoms with Gasteiger partial charge in [0, 0.05) is 24.0 Å². The van der Waals surface area contributed by atoms with Crippen LogP contribution in [0.15, 0.2) is 102 Å². The zero-order valence-electron chi connectivity index (χ0n) is 30.5. The van der Waals surface area contributed by atoms with Crippen molar-refractivity contribution in [1.82, 2.24) is 25.8 Å². The molecule has 12 nitrogen and oxygen atoms in total. The van der Waals surface area contributed by atoms with Crippen molar-refractivity contribution in [3.63, 3.8) is 0 Å². The number of aliphatic hydroxyl groups excluding tert-OH is 2. The summed E-state index contributed by atoms with van der Waals surface area (Å²) < 4.78 is 27.3. The van der Waals surface area contributed by atoms with Gasteiger partial charge in [0.2, 0.25) is 11.8 Å². The van der Waals surface area contributed by atoms with E-state index >= 15 is 0 Å². The number of fused-ring (bicyclic) bond motifs is 1. The highest BCUT2D eigenvalue weighted by atomic mass is 32.2. The van der Waals surface area contributed by atoms with E-state index in [-0.39, 0.29) is 48.8 Å². The van der Waals surface area contributed by atoms with Crippen LogP contribution >= 0.6 is 0 Å². The van der Waals surface area contributed by atoms with Crippen LogP contribution in [0.2, 0.25) is 0 Å². The lowest BCUT2D eigenvalue weighted by Crippen LogP contribution is -2.61. The monoisotopic (exact) mass is 743 g/mol. The van der Waals surface area contributed by atoms with Gasteiger partial charge in [0.05, 0.1) is 40.0 Å². The SMILES string of the molecule is C[C@@H](O)[C@H](NC(=O)c1ccc2ccccc2n1)C(=O)N[C@@H](Cc1ccccc1)[C@H](O)CN1CC[C@@H](S(=O)(=O)c2ccccc2)C[C@H]1C(=O)NC(C)(C)C. The Balaban J connectivity index is 1.36. The lowest BCUT2D eigenvalue weighted by molar-refractivity contribution is -0.131. The highest BCUT2D eigenvalue weighted by molar-refractivity contribution is 7.92. The van der Waals surface area contributed by atoms with Crippen LogP contribution in [0.3, 0.4) is 0 Å². The lowest BCUT2D eigenvalue weighted by Gasteiger charge is -2.41. The summed E-state index contributed by atoms with van der Waals surface area (Å²) in [4.78, 5) is 47.2. The number of rotatable bonds is 13. The van der Waals surface area contributed by atoms with Crippen LogP contribution in [0.4, 0.5) is 0 Å². The van der Waals surface area contributed by atoms with E-state index in [9.17, 15) is 33.0 Å². The third-order valence-electron chi connectivity index (χ3n) is 9.37. The molecule has 3 amide bonds. The smallest absolute Gasteiger partial charge is 0.270 e. The number of benzene rings is 3. The molecule has 1 aliphatic rings. The number of piperidine rings is 1. The molecule has 1 aromatic heterocycles. The van der Waals surface area contributed by atoms with Crippen molar-refractivity contribution in [2.75, 3.05) is 13.1 Å². The molecule has 4 aromatic rings. The molecule has 1 saturated heterocycles. The quantitative estimate of drug-likeness (QED) is 0.138. The molecule has 0 spiro atoms. The zero-order chi connectivity index (χ0) is 38.3. The van der Waals surface area contributed by atoms with Gasteiger partial charge >= 0.3 is 0 Å². The van der Waals surface area contributed by atoms with Crippen molar-refractivity contribution in [3.05, 3.63) is 108 Å². The van der Waals surface area contributed by atoms with Crippen LogP contribution in [0.25, 0.3) is 10.9 Å². The third kappa shape index (κ3) is 10.3. The van der Waals surface area contributed by atoms with E-state index in [1.807, 2.05) is 63.2 Å². The maximum atomic E-state index is 13.8. The zero-order valence-corrected chi connectivity index (χ0v) is 31.3. The number of nitrogens with one attached hydrogen (secondary N) is 3. The number of carbonyl (C=O) groups is 3. The fourth-order valence-electron chi connectivity index (χ4n) is 6.61. The van der Waals surface area contributed by atoms with E-state index in [0.717, 1.165) is 10.9 Å². The van der Waals surface area contributed by atoms with Crippen molar-refractivity contribution < 1.29 is 33.0 Å². The number of carbonyl (C=O) groups excluding carboxylic acids is 3. The molecule has 0 radical (unpaired) electrons. The van der Waals surface area contributed by atoms with Crippen LogP contribution in [-0.4, -0.2) is 100 Å². The molecule has 0 bridgehead atoms. The largest absolute Gasteiger partial charge is 0.391 e. The summed E-state index contributed by atoms with van der Waals surface area (Å²) >= 11 is 0. The molecule has 2 heterocycles. The van der Waals surface area contributed by atoms with E-state index in [2.05, 4.69) is 20.9 Å². The van der Waals surface area contributed by atoms with Gasteiger partial charge in [-0.3, -0.25) is 19.3 Å². The van der Waals surface area contributed by atoms with Crippen LogP contribution < -0.4 is 16.0 Å². The van der Waals surface area contributed by atoms with Crippen molar-refractivity contribution in [2.24, 2.45) is 0 Å². The number of aromatic nitrogens is 1. The number of para-hydroxylation sites is 1. The molecule has 3 aromatic carbocycles. The minimum atomic E-state index is -3.74. The van der Waals surface area contributed by atoms with E-state index in [0.29, 0.717) is 5.52 Å². The molecule has 0 aliphatic carbocycles. The third-order valence-corrected chi connectivity index (χ3v) is 11.6. The summed E-state index contributed by atoms with van der Waals surface area (Å²) in [6, 6.07) is 24.8. The molecule has 0 unspecified atom stereocenters. The average Bonchev–Trinajstić information content (AvgIpc) is 3.13. The number of β-amino-alcohol motifs (C(OH)–C–C–N with tert-alkyl or cyclic N) is 1. The second-order valence-corrected chi connectivity index (χ2v) is 16.9. The number of sulfone groups is 1. The van der Waals surface area contributed by atoms with Crippen LogP contribution in [0.5, 0.6) is 0 Å². The number of nitrogens with zero attached hydrogens (tertiary/aromatic N) is 2. The molecular formula is C40H49N5O7S. The molecule has 53 heavy (non-hydrogen) atoms. The predicted molar refractivity (Wildman–Crippen MR) is 203 cm³/mol. The Bertz CT molecular complexity index is 1990. The van der Waals surface area contributed by atoms with Gasteiger partial charge in [-0.15, -0.1) is 0 Å². The lowest BCUT2D eigenvalue weighted by atomic mass is 9.96. The first-order valence-corrected chi connectivity index (χ1v) is 19.4. The van der Waals surface area contributed by atoms with Crippen molar-refractivity contribution in [1.29, 1.82) is 0 Å². The van der Waals surface area contributed by atoms with Gasteiger partial charge in [-0.2, -0.15) is 0 Å². The Hall–Kier alpha value is -4.69. The summed E-state index contributed by atoms with van der Waals surface area (Å²) in [6.45, 7) is 7.03. The average molecular weight is 744 g/mol. The van der Waals surface area contributed by atoms with Crippen molar-refractivity contribution >= 4 is 38.5 Å². The van der Waals surface area contributed by atoms with Crippen LogP contribution in [0.1, 0.15) is 56.6 Å². The van der Waals surface area contributed by atoms with Gasteiger partial charge in [0.15, 0.2) is 9.84 Å². The fraction of sp³-hybridized carbons (Fsp3) is 0.400. The molecule has 5 N–H and O–H groups in total. The first kappa shape index (κ1) is 39.5. The van der Waals surface area contributed by atoms with Gasteiger partial charge in [-0.25, -0.2) is 13.4 Å². The summed E-state index contributed by atoms with van der Waals surface area (Å²) in [5.74, 6) is -1.73. The van der Waals surface area contributed by atoms with Gasteiger partial charge in [-0.05, 0) is 76.8 Å². The molecule has 282 valence electrons. The first-order valence-electron chi connectivity index (χ1n) is 17.8. The number of amides is 3. The van der Waals surface area contributed by atoms with Gasteiger partial charge < -0.3 is 26.2 Å². The highest BCUT2D eigenvalue weighted by Crippen LogP contribution is 2.29. The van der Waals surface area contributed by atoms with Gasteiger partial charge in [0.1, 0.15) is 11.7 Å². The molecule has 1 aliphatic heterocycles. The Morgan fingerprint density at radius 1 is 0.887 bits per heavy atom. The minimum Gasteiger partial charge on any atom is -0.391 e. The Labute approximate surface area is 310 Å². The van der Waals surface area contributed by atoms with E-state index in [1.165, 1.54) is 13.0 Å². The summed E-state index contributed by atoms with van der Waals surface area (Å²) in [6.07, 6.45) is -2.10. The number of hydrogen-bond donors (Lipinski definition) is 5. The molecule has 0 saturated carbocycles. The second kappa shape index (κ2) is 17.0. The summed E-state index contributed by atoms with van der Waals surface area (Å²) in [5.41, 5.74) is 0.879. The van der Waals surface area contributed by atoms with Crippen LogP contribution in [-0.2, 0) is 25.8 Å². The molecule has 1 fully saturated rings. The normalized spacial score (nSPS) is 19.1. The van der Waals surface area contributed by atoms with E-state index in [4.69, 9.17) is 0 Å². The number of likely N-dealkylation sites (tertiary alicyclic amines) is 1. The molecule has 13 heteroatoms. The van der Waals surface area contributed by atoms with Gasteiger partial charge in [-0.1, -0.05) is 72.8 Å². The topological polar surface area (TPSA) is 178 Å². The molecule has 6 atom stereocenters. The summed E-state index contributed by atoms with van der Waals surface area (Å²) in [7, 11) is -3.74. The maximum Gasteiger partial charge on any atom is 0.270 e. The Morgan fingerprint density at radius 3 is 2.19 bits per heavy atom.